The first-order chi connectivity index (χ1) is 12.2. The Kier molecular flexibility index (Phi) is 10.9. The second-order valence-electron chi connectivity index (χ2n) is 6.80. The van der Waals surface area contributed by atoms with E-state index in [0.29, 0.717) is 5.92 Å². The van der Waals surface area contributed by atoms with Gasteiger partial charge in [-0.1, -0.05) is 95.6 Å². The summed E-state index contributed by atoms with van der Waals surface area (Å²) in [6.07, 6.45) is 3.60. The minimum atomic E-state index is 0.626. The molecule has 0 bridgehead atoms. The van der Waals surface area contributed by atoms with E-state index in [1.165, 1.54) is 29.5 Å². The lowest BCUT2D eigenvalue weighted by molar-refractivity contribution is 0.269. The van der Waals surface area contributed by atoms with Crippen LogP contribution in [0.25, 0.3) is 0 Å². The normalized spacial score (nSPS) is 11.8. The summed E-state index contributed by atoms with van der Waals surface area (Å²) in [5, 5.41) is 0. The van der Waals surface area contributed by atoms with Crippen molar-refractivity contribution in [2.75, 3.05) is 13.1 Å². The molecule has 2 rings (SSSR count). The first-order valence-corrected chi connectivity index (χ1v) is 10.00. The molecule has 1 nitrogen and oxygen atoms in total. The first kappa shape index (κ1) is 21.4. The third-order valence-corrected chi connectivity index (χ3v) is 4.54. The molecule has 0 fully saturated rings. The highest BCUT2D eigenvalue weighted by atomic mass is 15.1. The molecule has 0 aromatic heterocycles. The Balaban J connectivity index is 0.000000970. The summed E-state index contributed by atoms with van der Waals surface area (Å²) < 4.78 is 0. The zero-order valence-electron chi connectivity index (χ0n) is 17.0. The predicted molar refractivity (Wildman–Crippen MR) is 112 cm³/mol. The second kappa shape index (κ2) is 12.7. The fourth-order valence-electron chi connectivity index (χ4n) is 3.06. The largest absolute Gasteiger partial charge is 0.299 e. The molecule has 1 unspecified atom stereocenters. The van der Waals surface area contributed by atoms with Crippen LogP contribution >= 0.6 is 0 Å². The lowest BCUT2D eigenvalue weighted by atomic mass is 9.92. The predicted octanol–water partition coefficient (Wildman–Crippen LogP) is 6.68. The molecule has 2 aromatic carbocycles. The molecule has 0 aliphatic heterocycles. The average Bonchev–Trinajstić information content (AvgIpc) is 2.66. The van der Waals surface area contributed by atoms with E-state index in [0.717, 1.165) is 26.1 Å². The zero-order valence-corrected chi connectivity index (χ0v) is 17.0. The Morgan fingerprint density at radius 1 is 0.840 bits per heavy atom. The van der Waals surface area contributed by atoms with E-state index >= 15 is 0 Å². The van der Waals surface area contributed by atoms with Crippen LogP contribution in [-0.4, -0.2) is 18.0 Å². The molecular formula is C24H37N. The summed E-state index contributed by atoms with van der Waals surface area (Å²) in [7, 11) is 0. The molecular weight excluding hydrogens is 302 g/mol. The van der Waals surface area contributed by atoms with Gasteiger partial charge in [-0.25, -0.2) is 0 Å². The summed E-state index contributed by atoms with van der Waals surface area (Å²) in [4.78, 5) is 2.54. The molecule has 1 atom stereocenters. The molecule has 0 amide bonds. The maximum absolute atomic E-state index is 2.54. The minimum Gasteiger partial charge on any atom is -0.299 e. The first-order valence-electron chi connectivity index (χ1n) is 10.00. The van der Waals surface area contributed by atoms with Crippen molar-refractivity contribution in [3.05, 3.63) is 71.3 Å². The van der Waals surface area contributed by atoms with Crippen molar-refractivity contribution in [2.45, 2.75) is 66.3 Å². The molecule has 0 aliphatic carbocycles. The van der Waals surface area contributed by atoms with Crippen LogP contribution in [-0.2, 0) is 13.0 Å². The molecule has 1 heteroatoms. The monoisotopic (exact) mass is 339 g/mol. The van der Waals surface area contributed by atoms with E-state index < -0.39 is 0 Å². The summed E-state index contributed by atoms with van der Waals surface area (Å²) in [6, 6.07) is 19.7. The Labute approximate surface area is 156 Å². The van der Waals surface area contributed by atoms with E-state index in [1.54, 1.807) is 0 Å². The molecule has 2 aromatic rings. The van der Waals surface area contributed by atoms with Crippen molar-refractivity contribution >= 4 is 0 Å². The van der Waals surface area contributed by atoms with Crippen LogP contribution in [0.15, 0.2) is 54.6 Å². The highest BCUT2D eigenvalue weighted by Crippen LogP contribution is 2.24. The lowest BCUT2D eigenvalue weighted by Crippen LogP contribution is -2.25. The van der Waals surface area contributed by atoms with Gasteiger partial charge in [-0.15, -0.1) is 0 Å². The molecule has 0 spiro atoms. The SMILES string of the molecule is CCC.CCc1ccccc1C(C)CCN(CC)Cc1ccccc1. The van der Waals surface area contributed by atoms with Crippen molar-refractivity contribution in [1.29, 1.82) is 0 Å². The van der Waals surface area contributed by atoms with Gasteiger partial charge in [0.05, 0.1) is 0 Å². The number of benzene rings is 2. The fraction of sp³-hybridized carbons (Fsp3) is 0.500. The average molecular weight is 340 g/mol. The summed E-state index contributed by atoms with van der Waals surface area (Å²) in [5.41, 5.74) is 4.44. The van der Waals surface area contributed by atoms with Crippen molar-refractivity contribution in [2.24, 2.45) is 0 Å². The molecule has 138 valence electrons. The number of nitrogens with zero attached hydrogens (tertiary/aromatic N) is 1. The Hall–Kier alpha value is -1.60. The maximum atomic E-state index is 2.54. The number of hydrogen-bond acceptors (Lipinski definition) is 1. The summed E-state index contributed by atoms with van der Waals surface area (Å²) in [6.45, 7) is 14.4. The summed E-state index contributed by atoms with van der Waals surface area (Å²) >= 11 is 0. The molecule has 0 N–H and O–H groups in total. The highest BCUT2D eigenvalue weighted by Gasteiger charge is 2.11. The van der Waals surface area contributed by atoms with Crippen molar-refractivity contribution < 1.29 is 0 Å². The van der Waals surface area contributed by atoms with Gasteiger partial charge in [0.2, 0.25) is 0 Å². The van der Waals surface area contributed by atoms with E-state index in [2.05, 4.69) is 94.1 Å². The van der Waals surface area contributed by atoms with Crippen LogP contribution in [0, 0.1) is 0 Å². The molecule has 25 heavy (non-hydrogen) atoms. The number of rotatable bonds is 8. The maximum Gasteiger partial charge on any atom is 0.0233 e. The van der Waals surface area contributed by atoms with Gasteiger partial charge in [0.15, 0.2) is 0 Å². The van der Waals surface area contributed by atoms with Gasteiger partial charge in [-0.3, -0.25) is 4.90 Å². The van der Waals surface area contributed by atoms with E-state index in [-0.39, 0.29) is 0 Å². The van der Waals surface area contributed by atoms with Crippen LogP contribution in [0.4, 0.5) is 0 Å². The molecule has 0 heterocycles. The Bertz CT molecular complexity index is 561. The quantitative estimate of drug-likeness (QED) is 0.518. The molecule has 0 aliphatic rings. The topological polar surface area (TPSA) is 3.24 Å². The third kappa shape index (κ3) is 7.88. The molecule has 0 saturated heterocycles. The van der Waals surface area contributed by atoms with Gasteiger partial charge in [0.25, 0.3) is 0 Å². The smallest absolute Gasteiger partial charge is 0.0233 e. The standard InChI is InChI=1S/C21H29N.C3H8/c1-4-20-13-9-10-14-21(20)18(3)15-16-22(5-2)17-19-11-7-6-8-12-19;1-3-2/h6-14,18H,4-5,15-17H2,1-3H3;3H2,1-2H3. The van der Waals surface area contributed by atoms with Crippen molar-refractivity contribution in [3.8, 4) is 0 Å². The van der Waals surface area contributed by atoms with E-state index in [4.69, 9.17) is 0 Å². The zero-order chi connectivity index (χ0) is 18.5. The Morgan fingerprint density at radius 2 is 1.44 bits per heavy atom. The van der Waals surface area contributed by atoms with Crippen LogP contribution in [0.2, 0.25) is 0 Å². The van der Waals surface area contributed by atoms with E-state index in [9.17, 15) is 0 Å². The highest BCUT2D eigenvalue weighted by molar-refractivity contribution is 5.30. The number of hydrogen-bond donors (Lipinski definition) is 0. The van der Waals surface area contributed by atoms with Gasteiger partial charge < -0.3 is 0 Å². The Morgan fingerprint density at radius 3 is 2.04 bits per heavy atom. The van der Waals surface area contributed by atoms with Gasteiger partial charge in [-0.2, -0.15) is 0 Å². The van der Waals surface area contributed by atoms with E-state index in [1.807, 2.05) is 0 Å². The molecule has 0 saturated carbocycles. The number of aryl methyl sites for hydroxylation is 1. The van der Waals surface area contributed by atoms with Crippen molar-refractivity contribution in [3.63, 3.8) is 0 Å². The van der Waals surface area contributed by atoms with Crippen LogP contribution in [0.1, 0.15) is 70.1 Å². The van der Waals surface area contributed by atoms with Crippen LogP contribution in [0.3, 0.4) is 0 Å². The third-order valence-electron chi connectivity index (χ3n) is 4.54. The molecule has 0 radical (unpaired) electrons. The lowest BCUT2D eigenvalue weighted by Gasteiger charge is -2.23. The second-order valence-corrected chi connectivity index (χ2v) is 6.80. The van der Waals surface area contributed by atoms with Crippen LogP contribution in [0.5, 0.6) is 0 Å². The van der Waals surface area contributed by atoms with Gasteiger partial charge >= 0.3 is 0 Å². The van der Waals surface area contributed by atoms with Crippen LogP contribution < -0.4 is 0 Å². The van der Waals surface area contributed by atoms with Crippen molar-refractivity contribution in [1.82, 2.24) is 4.90 Å². The van der Waals surface area contributed by atoms with Gasteiger partial charge in [0.1, 0.15) is 0 Å². The fourth-order valence-corrected chi connectivity index (χ4v) is 3.06. The summed E-state index contributed by atoms with van der Waals surface area (Å²) in [5.74, 6) is 0.626. The minimum absolute atomic E-state index is 0.626. The van der Waals surface area contributed by atoms with Gasteiger partial charge in [-0.05, 0) is 48.5 Å². The van der Waals surface area contributed by atoms with Gasteiger partial charge in [0, 0.05) is 6.54 Å².